The van der Waals surface area contributed by atoms with E-state index < -0.39 is 11.7 Å². The standard InChI is InChI=1S/C24H28FN3O4/c1-31-21-9-7-18(14-22(21)32-2)28-15-16(12-23(28)29)24(30)26-19-13-17(25)6-8-20(19)27-10-4-3-5-11-27/h6-9,13-14,16H,3-5,10-12,15H2,1-2H3,(H,26,30). The van der Waals surface area contributed by atoms with Crippen LogP contribution in [0.4, 0.5) is 21.5 Å². The molecule has 0 spiro atoms. The van der Waals surface area contributed by atoms with Crippen LogP contribution in [0.25, 0.3) is 0 Å². The van der Waals surface area contributed by atoms with Gasteiger partial charge in [0.1, 0.15) is 5.82 Å². The van der Waals surface area contributed by atoms with Gasteiger partial charge in [0.05, 0.1) is 31.5 Å². The molecule has 8 heteroatoms. The summed E-state index contributed by atoms with van der Waals surface area (Å²) in [5, 5.41) is 2.88. The zero-order chi connectivity index (χ0) is 22.7. The second-order valence-electron chi connectivity index (χ2n) is 8.14. The van der Waals surface area contributed by atoms with Crippen LogP contribution in [0.15, 0.2) is 36.4 Å². The van der Waals surface area contributed by atoms with Crippen molar-refractivity contribution in [3.63, 3.8) is 0 Å². The number of rotatable bonds is 6. The number of ether oxygens (including phenoxy) is 2. The second kappa shape index (κ2) is 9.46. The summed E-state index contributed by atoms with van der Waals surface area (Å²) in [6.45, 7) is 2.00. The molecular formula is C24H28FN3O4. The third-order valence-corrected chi connectivity index (χ3v) is 6.09. The van der Waals surface area contributed by atoms with Gasteiger partial charge in [0, 0.05) is 37.8 Å². The molecule has 2 aliphatic heterocycles. The van der Waals surface area contributed by atoms with Crippen molar-refractivity contribution in [2.24, 2.45) is 5.92 Å². The van der Waals surface area contributed by atoms with Gasteiger partial charge in [-0.1, -0.05) is 0 Å². The Balaban J connectivity index is 1.50. The minimum atomic E-state index is -0.534. The first-order valence-corrected chi connectivity index (χ1v) is 10.9. The molecule has 0 aromatic heterocycles. The number of methoxy groups -OCH3 is 2. The Morgan fingerprint density at radius 1 is 1.03 bits per heavy atom. The second-order valence-corrected chi connectivity index (χ2v) is 8.14. The first-order chi connectivity index (χ1) is 15.5. The van der Waals surface area contributed by atoms with E-state index in [2.05, 4.69) is 10.2 Å². The zero-order valence-electron chi connectivity index (χ0n) is 18.4. The van der Waals surface area contributed by atoms with Crippen molar-refractivity contribution in [3.8, 4) is 11.5 Å². The molecule has 0 bridgehead atoms. The first-order valence-electron chi connectivity index (χ1n) is 10.9. The van der Waals surface area contributed by atoms with Crippen LogP contribution >= 0.6 is 0 Å². The van der Waals surface area contributed by atoms with Crippen molar-refractivity contribution in [2.45, 2.75) is 25.7 Å². The average Bonchev–Trinajstić information content (AvgIpc) is 3.21. The van der Waals surface area contributed by atoms with Crippen LogP contribution in [0.1, 0.15) is 25.7 Å². The number of carbonyl (C=O) groups excluding carboxylic acids is 2. The van der Waals surface area contributed by atoms with Gasteiger partial charge in [-0.3, -0.25) is 9.59 Å². The fourth-order valence-corrected chi connectivity index (χ4v) is 4.38. The lowest BCUT2D eigenvalue weighted by molar-refractivity contribution is -0.122. The molecule has 2 saturated heterocycles. The Morgan fingerprint density at radius 3 is 2.50 bits per heavy atom. The van der Waals surface area contributed by atoms with Gasteiger partial charge >= 0.3 is 0 Å². The Kier molecular flexibility index (Phi) is 6.48. The minimum Gasteiger partial charge on any atom is -0.493 e. The Bertz CT molecular complexity index is 1010. The molecule has 2 aliphatic rings. The number of carbonyl (C=O) groups is 2. The van der Waals surface area contributed by atoms with Gasteiger partial charge in [0.15, 0.2) is 11.5 Å². The molecule has 4 rings (SSSR count). The molecule has 2 aromatic carbocycles. The van der Waals surface area contributed by atoms with E-state index in [-0.39, 0.29) is 24.8 Å². The fraction of sp³-hybridized carbons (Fsp3) is 0.417. The molecule has 0 aliphatic carbocycles. The molecule has 0 saturated carbocycles. The maximum atomic E-state index is 14.0. The molecule has 2 heterocycles. The fourth-order valence-electron chi connectivity index (χ4n) is 4.38. The highest BCUT2D eigenvalue weighted by Crippen LogP contribution is 2.35. The Hall–Kier alpha value is -3.29. The summed E-state index contributed by atoms with van der Waals surface area (Å²) in [7, 11) is 3.08. The van der Waals surface area contributed by atoms with Gasteiger partial charge in [-0.15, -0.1) is 0 Å². The van der Waals surface area contributed by atoms with Crippen LogP contribution in [0, 0.1) is 11.7 Å². The van der Waals surface area contributed by atoms with E-state index in [9.17, 15) is 14.0 Å². The summed E-state index contributed by atoms with van der Waals surface area (Å²) in [5.41, 5.74) is 1.91. The predicted octanol–water partition coefficient (Wildman–Crippen LogP) is 3.82. The molecule has 1 unspecified atom stereocenters. The topological polar surface area (TPSA) is 71.1 Å². The van der Waals surface area contributed by atoms with E-state index in [1.54, 1.807) is 36.3 Å². The van der Waals surface area contributed by atoms with E-state index in [4.69, 9.17) is 9.47 Å². The molecule has 1 N–H and O–H groups in total. The van der Waals surface area contributed by atoms with Gasteiger partial charge in [-0.25, -0.2) is 4.39 Å². The van der Waals surface area contributed by atoms with Crippen LogP contribution in [0.5, 0.6) is 11.5 Å². The number of nitrogens with one attached hydrogen (secondary N) is 1. The maximum Gasteiger partial charge on any atom is 0.229 e. The lowest BCUT2D eigenvalue weighted by Crippen LogP contribution is -2.32. The predicted molar refractivity (Wildman–Crippen MR) is 121 cm³/mol. The molecule has 32 heavy (non-hydrogen) atoms. The van der Waals surface area contributed by atoms with Gasteiger partial charge in [-0.05, 0) is 49.6 Å². The van der Waals surface area contributed by atoms with E-state index in [1.165, 1.54) is 25.7 Å². The van der Waals surface area contributed by atoms with E-state index in [0.29, 0.717) is 22.9 Å². The highest BCUT2D eigenvalue weighted by molar-refractivity contribution is 6.04. The largest absolute Gasteiger partial charge is 0.493 e. The molecule has 2 fully saturated rings. The van der Waals surface area contributed by atoms with E-state index in [0.717, 1.165) is 31.6 Å². The number of hydrogen-bond acceptors (Lipinski definition) is 5. The molecular weight excluding hydrogens is 413 g/mol. The number of halogens is 1. The number of hydrogen-bond donors (Lipinski definition) is 1. The van der Waals surface area contributed by atoms with Crippen molar-refractivity contribution in [3.05, 3.63) is 42.2 Å². The highest BCUT2D eigenvalue weighted by atomic mass is 19.1. The summed E-state index contributed by atoms with van der Waals surface area (Å²) in [6, 6.07) is 9.69. The molecule has 1 atom stereocenters. The average molecular weight is 442 g/mol. The summed E-state index contributed by atoms with van der Waals surface area (Å²) >= 11 is 0. The van der Waals surface area contributed by atoms with Crippen LogP contribution in [0.3, 0.4) is 0 Å². The van der Waals surface area contributed by atoms with Crippen molar-refractivity contribution in [1.82, 2.24) is 0 Å². The monoisotopic (exact) mass is 441 g/mol. The number of piperidine rings is 1. The van der Waals surface area contributed by atoms with Crippen molar-refractivity contribution >= 4 is 28.9 Å². The molecule has 7 nitrogen and oxygen atoms in total. The SMILES string of the molecule is COc1ccc(N2CC(C(=O)Nc3cc(F)ccc3N3CCCCC3)CC2=O)cc1OC. The van der Waals surface area contributed by atoms with E-state index >= 15 is 0 Å². The smallest absolute Gasteiger partial charge is 0.229 e. The highest BCUT2D eigenvalue weighted by Gasteiger charge is 2.36. The van der Waals surface area contributed by atoms with Gasteiger partial charge in [0.25, 0.3) is 0 Å². The summed E-state index contributed by atoms with van der Waals surface area (Å²) in [6.07, 6.45) is 3.41. The summed E-state index contributed by atoms with van der Waals surface area (Å²) in [5.74, 6) is -0.299. The Morgan fingerprint density at radius 2 is 1.78 bits per heavy atom. The molecule has 2 aromatic rings. The molecule has 170 valence electrons. The normalized spacial score (nSPS) is 18.6. The van der Waals surface area contributed by atoms with Crippen LogP contribution in [0.2, 0.25) is 0 Å². The lowest BCUT2D eigenvalue weighted by atomic mass is 10.1. The zero-order valence-corrected chi connectivity index (χ0v) is 18.4. The summed E-state index contributed by atoms with van der Waals surface area (Å²) < 4.78 is 24.5. The maximum absolute atomic E-state index is 14.0. The first kappa shape index (κ1) is 21.9. The summed E-state index contributed by atoms with van der Waals surface area (Å²) in [4.78, 5) is 29.4. The minimum absolute atomic E-state index is 0.0918. The number of benzene rings is 2. The van der Waals surface area contributed by atoms with Crippen LogP contribution in [-0.4, -0.2) is 45.7 Å². The van der Waals surface area contributed by atoms with Gasteiger partial charge in [0.2, 0.25) is 11.8 Å². The number of nitrogens with zero attached hydrogens (tertiary/aromatic N) is 2. The van der Waals surface area contributed by atoms with Crippen molar-refractivity contribution in [1.29, 1.82) is 0 Å². The van der Waals surface area contributed by atoms with Crippen LogP contribution in [-0.2, 0) is 9.59 Å². The van der Waals surface area contributed by atoms with Crippen molar-refractivity contribution < 1.29 is 23.5 Å². The van der Waals surface area contributed by atoms with Crippen molar-refractivity contribution in [2.75, 3.05) is 49.0 Å². The quantitative estimate of drug-likeness (QED) is 0.738. The number of anilines is 3. The number of amides is 2. The molecule has 2 amide bonds. The van der Waals surface area contributed by atoms with Gasteiger partial charge < -0.3 is 24.6 Å². The van der Waals surface area contributed by atoms with Gasteiger partial charge in [-0.2, -0.15) is 0 Å². The third-order valence-electron chi connectivity index (χ3n) is 6.09. The third kappa shape index (κ3) is 4.49. The molecule has 0 radical (unpaired) electrons. The Labute approximate surface area is 187 Å². The lowest BCUT2D eigenvalue weighted by Gasteiger charge is -2.30. The van der Waals surface area contributed by atoms with Crippen LogP contribution < -0.4 is 24.6 Å². The van der Waals surface area contributed by atoms with E-state index in [1.807, 2.05) is 0 Å².